The summed E-state index contributed by atoms with van der Waals surface area (Å²) in [6.45, 7) is -0.432. The summed E-state index contributed by atoms with van der Waals surface area (Å²) in [4.78, 5) is 28.9. The second-order valence-corrected chi connectivity index (χ2v) is 6.34. The van der Waals surface area contributed by atoms with Gasteiger partial charge >= 0.3 is 5.97 Å². The van der Waals surface area contributed by atoms with Crippen LogP contribution in [-0.4, -0.2) is 23.5 Å². The summed E-state index contributed by atoms with van der Waals surface area (Å²) in [7, 11) is 0. The van der Waals surface area contributed by atoms with Crippen LogP contribution in [0, 0.1) is 5.82 Å². The Morgan fingerprint density at radius 1 is 1.12 bits per heavy atom. The average Bonchev–Trinajstić information content (AvgIpc) is 3.20. The monoisotopic (exact) mass is 370 g/mol. The maximum Gasteiger partial charge on any atom is 0.357 e. The number of aromatic nitrogens is 1. The minimum atomic E-state index is -0.671. The number of halogens is 1. The van der Waals surface area contributed by atoms with Gasteiger partial charge in [0, 0.05) is 11.1 Å². The summed E-state index contributed by atoms with van der Waals surface area (Å²) in [5.41, 5.74) is 0.867. The Morgan fingerprint density at radius 2 is 1.92 bits per heavy atom. The Morgan fingerprint density at radius 3 is 2.58 bits per heavy atom. The van der Waals surface area contributed by atoms with Crippen molar-refractivity contribution in [3.05, 3.63) is 88.1 Å². The quantitative estimate of drug-likeness (QED) is 0.676. The summed E-state index contributed by atoms with van der Waals surface area (Å²) in [6.07, 6.45) is 1.47. The first-order valence-corrected chi connectivity index (χ1v) is 8.68. The molecule has 26 heavy (non-hydrogen) atoms. The highest BCUT2D eigenvalue weighted by atomic mass is 32.1. The normalized spacial score (nSPS) is 11.6. The van der Waals surface area contributed by atoms with Crippen molar-refractivity contribution in [1.82, 2.24) is 10.3 Å². The second kappa shape index (κ2) is 8.35. The third kappa shape index (κ3) is 4.52. The first-order valence-electron chi connectivity index (χ1n) is 7.80. The number of ether oxygens (including phenoxy) is 1. The summed E-state index contributed by atoms with van der Waals surface area (Å²) in [6, 6.07) is 14.0. The van der Waals surface area contributed by atoms with E-state index in [2.05, 4.69) is 10.3 Å². The highest BCUT2D eigenvalue weighted by Gasteiger charge is 2.19. The molecule has 1 atom stereocenters. The van der Waals surface area contributed by atoms with E-state index in [1.165, 1.54) is 35.7 Å². The number of carbonyl (C=O) groups excluding carboxylic acids is 2. The SMILES string of the molecule is O=C(COC(=O)c1ccccn1)NC(c1ccc(F)cc1)c1cccs1. The zero-order valence-electron chi connectivity index (χ0n) is 13.6. The Bertz CT molecular complexity index is 868. The number of nitrogens with zero attached hydrogens (tertiary/aromatic N) is 1. The van der Waals surface area contributed by atoms with E-state index in [4.69, 9.17) is 4.74 Å². The van der Waals surface area contributed by atoms with Crippen molar-refractivity contribution in [3.8, 4) is 0 Å². The van der Waals surface area contributed by atoms with E-state index in [-0.39, 0.29) is 11.5 Å². The third-order valence-electron chi connectivity index (χ3n) is 3.54. The molecule has 0 aliphatic heterocycles. The van der Waals surface area contributed by atoms with E-state index < -0.39 is 24.5 Å². The Kier molecular flexibility index (Phi) is 5.70. The standard InChI is InChI=1S/C19H15FN2O3S/c20-14-8-6-13(7-9-14)18(16-5-3-11-26-16)22-17(23)12-25-19(24)15-4-1-2-10-21-15/h1-11,18H,12H2,(H,22,23). The van der Waals surface area contributed by atoms with Gasteiger partial charge in [0.25, 0.3) is 5.91 Å². The van der Waals surface area contributed by atoms with Crippen LogP contribution in [0.2, 0.25) is 0 Å². The van der Waals surface area contributed by atoms with E-state index in [1.807, 2.05) is 17.5 Å². The highest BCUT2D eigenvalue weighted by Crippen LogP contribution is 2.26. The molecule has 1 unspecified atom stereocenters. The van der Waals surface area contributed by atoms with Crippen molar-refractivity contribution in [3.63, 3.8) is 0 Å². The fourth-order valence-corrected chi connectivity index (χ4v) is 3.12. The van der Waals surface area contributed by atoms with Crippen molar-refractivity contribution in [1.29, 1.82) is 0 Å². The molecule has 0 saturated carbocycles. The third-order valence-corrected chi connectivity index (χ3v) is 4.48. The smallest absolute Gasteiger partial charge is 0.357 e. The number of carbonyl (C=O) groups is 2. The summed E-state index contributed by atoms with van der Waals surface area (Å²) in [5, 5.41) is 4.70. The van der Waals surface area contributed by atoms with Gasteiger partial charge in [0.15, 0.2) is 6.61 Å². The van der Waals surface area contributed by atoms with Crippen LogP contribution in [-0.2, 0) is 9.53 Å². The van der Waals surface area contributed by atoms with Crippen LogP contribution < -0.4 is 5.32 Å². The number of benzene rings is 1. The van der Waals surface area contributed by atoms with Crippen LogP contribution in [0.5, 0.6) is 0 Å². The van der Waals surface area contributed by atoms with E-state index in [0.29, 0.717) is 0 Å². The van der Waals surface area contributed by atoms with Gasteiger partial charge in [-0.3, -0.25) is 4.79 Å². The minimum Gasteiger partial charge on any atom is -0.451 e. The van der Waals surface area contributed by atoms with E-state index in [9.17, 15) is 14.0 Å². The molecule has 0 saturated heterocycles. The first-order chi connectivity index (χ1) is 12.6. The number of rotatable bonds is 6. The molecule has 7 heteroatoms. The van der Waals surface area contributed by atoms with Crippen molar-refractivity contribution in [2.75, 3.05) is 6.61 Å². The van der Waals surface area contributed by atoms with Crippen LogP contribution in [0.25, 0.3) is 0 Å². The van der Waals surface area contributed by atoms with Gasteiger partial charge in [-0.25, -0.2) is 14.2 Å². The Labute approximate surface area is 153 Å². The molecule has 0 radical (unpaired) electrons. The van der Waals surface area contributed by atoms with E-state index in [0.717, 1.165) is 10.4 Å². The predicted octanol–water partition coefficient (Wildman–Crippen LogP) is 3.34. The molecule has 132 valence electrons. The fraction of sp³-hybridized carbons (Fsp3) is 0.105. The minimum absolute atomic E-state index is 0.133. The lowest BCUT2D eigenvalue weighted by Gasteiger charge is -2.18. The van der Waals surface area contributed by atoms with Crippen molar-refractivity contribution < 1.29 is 18.7 Å². The van der Waals surface area contributed by atoms with Gasteiger partial charge in [-0.2, -0.15) is 0 Å². The summed E-state index contributed by atoms with van der Waals surface area (Å²) >= 11 is 1.47. The highest BCUT2D eigenvalue weighted by molar-refractivity contribution is 7.10. The summed E-state index contributed by atoms with van der Waals surface area (Å²) < 4.78 is 18.2. The zero-order valence-corrected chi connectivity index (χ0v) is 14.4. The van der Waals surface area contributed by atoms with Crippen LogP contribution in [0.1, 0.15) is 27.0 Å². The van der Waals surface area contributed by atoms with Crippen molar-refractivity contribution in [2.24, 2.45) is 0 Å². The van der Waals surface area contributed by atoms with Crippen LogP contribution in [0.15, 0.2) is 66.2 Å². The van der Waals surface area contributed by atoms with Crippen LogP contribution in [0.4, 0.5) is 4.39 Å². The van der Waals surface area contributed by atoms with Gasteiger partial charge in [-0.05, 0) is 41.3 Å². The number of hydrogen-bond acceptors (Lipinski definition) is 5. The molecular weight excluding hydrogens is 355 g/mol. The molecule has 5 nitrogen and oxygen atoms in total. The van der Waals surface area contributed by atoms with Crippen LogP contribution in [0.3, 0.4) is 0 Å². The molecule has 2 heterocycles. The molecule has 0 aliphatic rings. The predicted molar refractivity (Wildman–Crippen MR) is 95.2 cm³/mol. The fourth-order valence-electron chi connectivity index (χ4n) is 2.32. The van der Waals surface area contributed by atoms with Gasteiger partial charge in [0.05, 0.1) is 6.04 Å². The molecule has 0 spiro atoms. The summed E-state index contributed by atoms with van der Waals surface area (Å²) in [5.74, 6) is -1.48. The molecule has 0 aliphatic carbocycles. The Hall–Kier alpha value is -3.06. The number of pyridine rings is 1. The lowest BCUT2D eigenvalue weighted by atomic mass is 10.1. The molecule has 1 aromatic carbocycles. The lowest BCUT2D eigenvalue weighted by molar-refractivity contribution is -0.124. The topological polar surface area (TPSA) is 68.3 Å². The molecule has 2 aromatic heterocycles. The Balaban J connectivity index is 1.66. The number of esters is 1. The molecule has 0 bridgehead atoms. The molecule has 0 fully saturated rings. The van der Waals surface area contributed by atoms with Crippen molar-refractivity contribution in [2.45, 2.75) is 6.04 Å². The number of amides is 1. The molecule has 1 amide bonds. The van der Waals surface area contributed by atoms with Crippen LogP contribution >= 0.6 is 11.3 Å². The first kappa shape index (κ1) is 17.8. The number of hydrogen-bond donors (Lipinski definition) is 1. The van der Waals surface area contributed by atoms with E-state index >= 15 is 0 Å². The van der Waals surface area contributed by atoms with Gasteiger partial charge in [-0.1, -0.05) is 24.3 Å². The molecular formula is C19H15FN2O3S. The van der Waals surface area contributed by atoms with Crippen molar-refractivity contribution >= 4 is 23.2 Å². The van der Waals surface area contributed by atoms with Gasteiger partial charge in [0.2, 0.25) is 0 Å². The average molecular weight is 370 g/mol. The number of thiophene rings is 1. The van der Waals surface area contributed by atoms with Gasteiger partial charge in [-0.15, -0.1) is 11.3 Å². The molecule has 3 aromatic rings. The maximum absolute atomic E-state index is 13.2. The largest absolute Gasteiger partial charge is 0.451 e. The van der Waals surface area contributed by atoms with Gasteiger partial charge in [0.1, 0.15) is 11.5 Å². The maximum atomic E-state index is 13.2. The molecule has 3 rings (SSSR count). The number of nitrogens with one attached hydrogen (secondary N) is 1. The zero-order chi connectivity index (χ0) is 18.4. The lowest BCUT2D eigenvalue weighted by Crippen LogP contribution is -2.32. The second-order valence-electron chi connectivity index (χ2n) is 5.36. The van der Waals surface area contributed by atoms with E-state index in [1.54, 1.807) is 24.3 Å². The van der Waals surface area contributed by atoms with Gasteiger partial charge < -0.3 is 10.1 Å². The molecule has 1 N–H and O–H groups in total.